The molecule has 1 N–H and O–H groups in total. The fourth-order valence-corrected chi connectivity index (χ4v) is 3.41. The van der Waals surface area contributed by atoms with Gasteiger partial charge < -0.3 is 10.2 Å². The average molecular weight is 424 g/mol. The van der Waals surface area contributed by atoms with Crippen molar-refractivity contribution in [1.29, 1.82) is 0 Å². The van der Waals surface area contributed by atoms with Crippen LogP contribution in [0.4, 0.5) is 23.4 Å². The number of benzene rings is 1. The van der Waals surface area contributed by atoms with Gasteiger partial charge >= 0.3 is 6.18 Å². The lowest BCUT2D eigenvalue weighted by Crippen LogP contribution is -2.54. The van der Waals surface area contributed by atoms with E-state index in [4.69, 9.17) is 0 Å². The molecule has 9 heteroatoms. The van der Waals surface area contributed by atoms with Crippen molar-refractivity contribution in [1.82, 2.24) is 15.2 Å². The Morgan fingerprint density at radius 1 is 1.03 bits per heavy atom. The first-order valence-electron chi connectivity index (χ1n) is 9.73. The number of halogens is 4. The summed E-state index contributed by atoms with van der Waals surface area (Å²) in [5.74, 6) is 0.0312. The number of nitrogens with one attached hydrogen (secondary N) is 1. The predicted octanol–water partition coefficient (Wildman–Crippen LogP) is 3.63. The van der Waals surface area contributed by atoms with Crippen LogP contribution in [0.2, 0.25) is 0 Å². The molecule has 2 aromatic rings. The second-order valence-electron chi connectivity index (χ2n) is 7.38. The minimum Gasteiger partial charge on any atom is -0.354 e. The minimum absolute atomic E-state index is 0.132. The van der Waals surface area contributed by atoms with Crippen LogP contribution in [0.15, 0.2) is 42.6 Å². The monoisotopic (exact) mass is 424 g/mol. The van der Waals surface area contributed by atoms with E-state index >= 15 is 0 Å². The first-order valence-corrected chi connectivity index (χ1v) is 9.73. The van der Waals surface area contributed by atoms with Crippen molar-refractivity contribution in [3.63, 3.8) is 0 Å². The van der Waals surface area contributed by atoms with Crippen LogP contribution in [0, 0.1) is 5.82 Å². The number of amides is 1. The molecular weight excluding hydrogens is 400 g/mol. The van der Waals surface area contributed by atoms with Gasteiger partial charge in [0.05, 0.1) is 17.6 Å². The molecule has 1 aliphatic rings. The summed E-state index contributed by atoms with van der Waals surface area (Å²) in [5, 5.41) is 2.94. The number of nitrogens with zero attached hydrogens (tertiary/aromatic N) is 3. The number of rotatable bonds is 5. The standard InChI is InChI=1S/C21H24F4N4O/c1-14(16-3-6-18(22)7-4-16)27-20(30)15(2)28-9-11-29(12-10-28)19-8-5-17(13-26-19)21(23,24)25/h3-8,13-15H,9-12H2,1-2H3,(H,27,30)/t14-,15+/m0/s1. The Kier molecular flexibility index (Phi) is 6.60. The summed E-state index contributed by atoms with van der Waals surface area (Å²) in [5.41, 5.74) is 0.0422. The van der Waals surface area contributed by atoms with Crippen LogP contribution < -0.4 is 10.2 Å². The Morgan fingerprint density at radius 2 is 1.67 bits per heavy atom. The molecule has 5 nitrogen and oxygen atoms in total. The maximum atomic E-state index is 13.1. The number of hydrogen-bond donors (Lipinski definition) is 1. The number of carbonyl (C=O) groups is 1. The van der Waals surface area contributed by atoms with E-state index in [2.05, 4.69) is 10.3 Å². The molecule has 1 aromatic heterocycles. The fourth-order valence-electron chi connectivity index (χ4n) is 3.41. The first kappa shape index (κ1) is 22.0. The van der Waals surface area contributed by atoms with Crippen LogP contribution in [0.5, 0.6) is 0 Å². The summed E-state index contributed by atoms with van der Waals surface area (Å²) >= 11 is 0. The van der Waals surface area contributed by atoms with Gasteiger partial charge in [0.15, 0.2) is 0 Å². The molecule has 30 heavy (non-hydrogen) atoms. The van der Waals surface area contributed by atoms with Gasteiger partial charge in [0.25, 0.3) is 0 Å². The lowest BCUT2D eigenvalue weighted by Gasteiger charge is -2.38. The third-order valence-corrected chi connectivity index (χ3v) is 5.37. The average Bonchev–Trinajstić information content (AvgIpc) is 2.73. The second-order valence-corrected chi connectivity index (χ2v) is 7.38. The molecule has 0 spiro atoms. The van der Waals surface area contributed by atoms with Crippen molar-refractivity contribution in [2.45, 2.75) is 32.1 Å². The SMILES string of the molecule is C[C@H](NC(=O)[C@@H](C)N1CCN(c2ccc(C(F)(F)F)cn2)CC1)c1ccc(F)cc1. The van der Waals surface area contributed by atoms with E-state index in [1.807, 2.05) is 23.6 Å². The summed E-state index contributed by atoms with van der Waals surface area (Å²) in [6, 6.07) is 7.78. The zero-order valence-corrected chi connectivity index (χ0v) is 16.8. The largest absolute Gasteiger partial charge is 0.417 e. The molecular formula is C21H24F4N4O. The van der Waals surface area contributed by atoms with E-state index in [-0.39, 0.29) is 23.8 Å². The normalized spacial score (nSPS) is 17.5. The first-order chi connectivity index (χ1) is 14.1. The minimum atomic E-state index is -4.40. The van der Waals surface area contributed by atoms with Crippen molar-refractivity contribution in [2.75, 3.05) is 31.1 Å². The lowest BCUT2D eigenvalue weighted by molar-refractivity contribution is -0.137. The molecule has 1 fully saturated rings. The van der Waals surface area contributed by atoms with Crippen molar-refractivity contribution in [3.05, 3.63) is 59.5 Å². The molecule has 1 aliphatic heterocycles. The summed E-state index contributed by atoms with van der Waals surface area (Å²) < 4.78 is 51.1. The number of hydrogen-bond acceptors (Lipinski definition) is 4. The number of aromatic nitrogens is 1. The highest BCUT2D eigenvalue weighted by atomic mass is 19.4. The summed E-state index contributed by atoms with van der Waals surface area (Å²) in [4.78, 5) is 20.5. The molecule has 3 rings (SSSR count). The zero-order chi connectivity index (χ0) is 21.9. The highest BCUT2D eigenvalue weighted by Crippen LogP contribution is 2.29. The van der Waals surface area contributed by atoms with Crippen molar-refractivity contribution < 1.29 is 22.4 Å². The quantitative estimate of drug-likeness (QED) is 0.745. The van der Waals surface area contributed by atoms with Gasteiger partial charge in [0.2, 0.25) is 5.91 Å². The molecule has 1 aromatic carbocycles. The van der Waals surface area contributed by atoms with Crippen LogP contribution in [0.25, 0.3) is 0 Å². The van der Waals surface area contributed by atoms with E-state index in [1.165, 1.54) is 18.2 Å². The number of carbonyl (C=O) groups excluding carboxylic acids is 1. The van der Waals surface area contributed by atoms with Gasteiger partial charge in [-0.3, -0.25) is 9.69 Å². The fraction of sp³-hybridized carbons (Fsp3) is 0.429. The Labute approximate surface area is 172 Å². The number of anilines is 1. The van der Waals surface area contributed by atoms with E-state index in [0.29, 0.717) is 32.0 Å². The van der Waals surface area contributed by atoms with E-state index in [9.17, 15) is 22.4 Å². The summed E-state index contributed by atoms with van der Waals surface area (Å²) in [6.45, 7) is 5.95. The highest BCUT2D eigenvalue weighted by Gasteiger charge is 2.31. The van der Waals surface area contributed by atoms with Crippen LogP contribution in [0.3, 0.4) is 0 Å². The Hall–Kier alpha value is -2.68. The third-order valence-electron chi connectivity index (χ3n) is 5.37. The van der Waals surface area contributed by atoms with Crippen molar-refractivity contribution in [2.24, 2.45) is 0 Å². The third kappa shape index (κ3) is 5.27. The van der Waals surface area contributed by atoms with Gasteiger partial charge in [0.1, 0.15) is 11.6 Å². The number of piperazine rings is 1. The molecule has 2 atom stereocenters. The molecule has 0 bridgehead atoms. The van der Waals surface area contributed by atoms with Gasteiger partial charge in [-0.05, 0) is 43.7 Å². The maximum Gasteiger partial charge on any atom is 0.417 e. The molecule has 2 heterocycles. The predicted molar refractivity (Wildman–Crippen MR) is 105 cm³/mol. The van der Waals surface area contributed by atoms with Crippen LogP contribution >= 0.6 is 0 Å². The van der Waals surface area contributed by atoms with Gasteiger partial charge in [-0.25, -0.2) is 9.37 Å². The number of alkyl halides is 3. The van der Waals surface area contributed by atoms with Crippen molar-refractivity contribution in [3.8, 4) is 0 Å². The van der Waals surface area contributed by atoms with Gasteiger partial charge in [-0.2, -0.15) is 13.2 Å². The van der Waals surface area contributed by atoms with Crippen LogP contribution in [-0.2, 0) is 11.0 Å². The Balaban J connectivity index is 1.52. The van der Waals surface area contributed by atoms with E-state index in [1.54, 1.807) is 12.1 Å². The molecule has 0 unspecified atom stereocenters. The van der Waals surface area contributed by atoms with Gasteiger partial charge in [0, 0.05) is 32.4 Å². The second kappa shape index (κ2) is 8.99. The summed E-state index contributed by atoms with van der Waals surface area (Å²) in [7, 11) is 0. The van der Waals surface area contributed by atoms with Crippen molar-refractivity contribution >= 4 is 11.7 Å². The van der Waals surface area contributed by atoms with Crippen LogP contribution in [-0.4, -0.2) is 48.0 Å². The number of pyridine rings is 1. The molecule has 162 valence electrons. The summed E-state index contributed by atoms with van der Waals surface area (Å²) in [6.07, 6.45) is -3.56. The Morgan fingerprint density at radius 3 is 2.20 bits per heavy atom. The Bertz CT molecular complexity index is 847. The zero-order valence-electron chi connectivity index (χ0n) is 16.8. The lowest BCUT2D eigenvalue weighted by atomic mass is 10.1. The molecule has 0 saturated carbocycles. The molecule has 1 saturated heterocycles. The van der Waals surface area contributed by atoms with E-state index < -0.39 is 11.7 Å². The van der Waals surface area contributed by atoms with Gasteiger partial charge in [-0.15, -0.1) is 0 Å². The smallest absolute Gasteiger partial charge is 0.354 e. The maximum absolute atomic E-state index is 13.1. The van der Waals surface area contributed by atoms with E-state index in [0.717, 1.165) is 17.8 Å². The van der Waals surface area contributed by atoms with Crippen LogP contribution in [0.1, 0.15) is 31.0 Å². The van der Waals surface area contributed by atoms with Gasteiger partial charge in [-0.1, -0.05) is 12.1 Å². The highest BCUT2D eigenvalue weighted by molar-refractivity contribution is 5.81. The topological polar surface area (TPSA) is 48.5 Å². The molecule has 0 radical (unpaired) electrons. The molecule has 0 aliphatic carbocycles. The molecule has 1 amide bonds.